The van der Waals surface area contributed by atoms with E-state index in [1.807, 2.05) is 71.9 Å². The average molecular weight is 487 g/mol. The third-order valence-corrected chi connectivity index (χ3v) is 4.48. The van der Waals surface area contributed by atoms with Gasteiger partial charge in [-0.2, -0.15) is 0 Å². The van der Waals surface area contributed by atoms with E-state index < -0.39 is 17.6 Å². The van der Waals surface area contributed by atoms with Gasteiger partial charge in [0.15, 0.2) is 0 Å². The Hall–Kier alpha value is -3.46. The van der Waals surface area contributed by atoms with Crippen LogP contribution in [0.3, 0.4) is 0 Å². The number of amides is 3. The third kappa shape index (κ3) is 12.0. The highest BCUT2D eigenvalue weighted by Gasteiger charge is 2.28. The van der Waals surface area contributed by atoms with Crippen molar-refractivity contribution in [2.24, 2.45) is 5.73 Å². The number of aromatic nitrogens is 1. The van der Waals surface area contributed by atoms with Gasteiger partial charge < -0.3 is 25.8 Å². The van der Waals surface area contributed by atoms with Crippen LogP contribution in [0.4, 0.5) is 10.5 Å². The van der Waals surface area contributed by atoms with Crippen LogP contribution in [-0.2, 0) is 20.8 Å². The SMILES string of the molecule is CC.CC(C)(C)OC(=O)NCc1ccccc1.CC1CCC(C(=O)Nc2ccnc(C(N)=O)c2)O1. The monoisotopic (exact) mass is 486 g/mol. The minimum atomic E-state index is -0.628. The van der Waals surface area contributed by atoms with Gasteiger partial charge in [-0.3, -0.25) is 14.6 Å². The summed E-state index contributed by atoms with van der Waals surface area (Å²) >= 11 is 0. The van der Waals surface area contributed by atoms with Gasteiger partial charge in [-0.15, -0.1) is 0 Å². The molecular weight excluding hydrogens is 448 g/mol. The second-order valence-electron chi connectivity index (χ2n) is 8.64. The predicted molar refractivity (Wildman–Crippen MR) is 136 cm³/mol. The minimum Gasteiger partial charge on any atom is -0.444 e. The molecule has 192 valence electrons. The van der Waals surface area contributed by atoms with Crippen molar-refractivity contribution in [3.8, 4) is 0 Å². The number of benzene rings is 1. The molecule has 2 atom stereocenters. The summed E-state index contributed by atoms with van der Waals surface area (Å²) in [6, 6.07) is 12.8. The van der Waals surface area contributed by atoms with Crippen LogP contribution in [0.1, 0.15) is 70.4 Å². The molecule has 0 spiro atoms. The van der Waals surface area contributed by atoms with Crippen LogP contribution in [0.25, 0.3) is 0 Å². The summed E-state index contributed by atoms with van der Waals surface area (Å²) < 4.78 is 10.6. The quantitative estimate of drug-likeness (QED) is 0.573. The molecule has 1 aromatic carbocycles. The summed E-state index contributed by atoms with van der Waals surface area (Å²) in [6.07, 6.45) is 2.31. The number of hydrogen-bond donors (Lipinski definition) is 3. The third-order valence-electron chi connectivity index (χ3n) is 4.48. The smallest absolute Gasteiger partial charge is 0.407 e. The molecule has 3 rings (SSSR count). The molecule has 2 unspecified atom stereocenters. The molecule has 0 bridgehead atoms. The van der Waals surface area contributed by atoms with Gasteiger partial charge in [0, 0.05) is 18.4 Å². The zero-order chi connectivity index (χ0) is 26.4. The Morgan fingerprint density at radius 1 is 1.11 bits per heavy atom. The first kappa shape index (κ1) is 29.6. The lowest BCUT2D eigenvalue weighted by Crippen LogP contribution is -2.32. The topological polar surface area (TPSA) is 133 Å². The van der Waals surface area contributed by atoms with E-state index >= 15 is 0 Å². The van der Waals surface area contributed by atoms with Crippen molar-refractivity contribution in [2.75, 3.05) is 5.32 Å². The Morgan fingerprint density at radius 2 is 1.77 bits per heavy atom. The zero-order valence-electron chi connectivity index (χ0n) is 21.5. The van der Waals surface area contributed by atoms with E-state index in [9.17, 15) is 14.4 Å². The normalized spacial score (nSPS) is 16.5. The fraction of sp³-hybridized carbons (Fsp3) is 0.462. The van der Waals surface area contributed by atoms with E-state index in [1.165, 1.54) is 12.3 Å². The lowest BCUT2D eigenvalue weighted by Gasteiger charge is -2.19. The zero-order valence-corrected chi connectivity index (χ0v) is 21.5. The number of anilines is 1. The Bertz CT molecular complexity index is 944. The Morgan fingerprint density at radius 3 is 2.31 bits per heavy atom. The first-order chi connectivity index (χ1) is 16.5. The summed E-state index contributed by atoms with van der Waals surface area (Å²) in [7, 11) is 0. The van der Waals surface area contributed by atoms with Gasteiger partial charge >= 0.3 is 6.09 Å². The first-order valence-corrected chi connectivity index (χ1v) is 11.8. The van der Waals surface area contributed by atoms with Crippen molar-refractivity contribution < 1.29 is 23.9 Å². The number of carbonyl (C=O) groups excluding carboxylic acids is 3. The number of rotatable bonds is 5. The predicted octanol–water partition coefficient (Wildman–Crippen LogP) is 4.42. The molecule has 1 aliphatic heterocycles. The molecule has 2 aromatic rings. The molecule has 1 aliphatic rings. The molecule has 4 N–H and O–H groups in total. The van der Waals surface area contributed by atoms with Crippen molar-refractivity contribution in [3.63, 3.8) is 0 Å². The molecule has 9 heteroatoms. The van der Waals surface area contributed by atoms with Crippen LogP contribution in [0.5, 0.6) is 0 Å². The van der Waals surface area contributed by atoms with Crippen molar-refractivity contribution in [1.82, 2.24) is 10.3 Å². The number of ether oxygens (including phenoxy) is 2. The van der Waals surface area contributed by atoms with E-state index in [0.717, 1.165) is 12.0 Å². The Kier molecular flexibility index (Phi) is 12.4. The number of nitrogens with zero attached hydrogens (tertiary/aromatic N) is 1. The number of alkyl carbamates (subject to hydrolysis) is 1. The van der Waals surface area contributed by atoms with Crippen molar-refractivity contribution >= 4 is 23.6 Å². The molecule has 2 heterocycles. The van der Waals surface area contributed by atoms with Crippen LogP contribution >= 0.6 is 0 Å². The molecule has 1 aromatic heterocycles. The van der Waals surface area contributed by atoms with E-state index in [0.29, 0.717) is 18.7 Å². The molecular formula is C26H38N4O5. The number of hydrogen-bond acceptors (Lipinski definition) is 6. The van der Waals surface area contributed by atoms with Crippen molar-refractivity contribution in [2.45, 2.75) is 78.7 Å². The van der Waals surface area contributed by atoms with E-state index in [4.69, 9.17) is 15.2 Å². The summed E-state index contributed by atoms with van der Waals surface area (Å²) in [4.78, 5) is 37.9. The fourth-order valence-corrected chi connectivity index (χ4v) is 2.95. The summed E-state index contributed by atoms with van der Waals surface area (Å²) in [5.41, 5.74) is 6.34. The van der Waals surface area contributed by atoms with Gasteiger partial charge in [0.05, 0.1) is 6.10 Å². The molecule has 0 radical (unpaired) electrons. The molecule has 3 amide bonds. The maximum absolute atomic E-state index is 11.9. The van der Waals surface area contributed by atoms with Crippen molar-refractivity contribution in [3.05, 3.63) is 59.9 Å². The van der Waals surface area contributed by atoms with Gasteiger partial charge in [-0.05, 0) is 58.2 Å². The summed E-state index contributed by atoms with van der Waals surface area (Å²) in [5, 5.41) is 5.38. The standard InChI is InChI=1S/C12H15N3O3.C12H17NO2.C2H6/c1-7-2-3-10(18-7)12(17)15-8-4-5-14-9(6-8)11(13)16;1-12(2,3)15-11(14)13-9-10-7-5-4-6-8-10;1-2/h4-7,10H,2-3H2,1H3,(H2,13,16)(H,14,15,17);4-8H,9H2,1-3H3,(H,13,14);1-2H3. The number of primary amides is 1. The van der Waals surface area contributed by atoms with E-state index in [-0.39, 0.29) is 23.8 Å². The van der Waals surface area contributed by atoms with Crippen LogP contribution in [-0.4, -0.2) is 40.7 Å². The van der Waals surface area contributed by atoms with Crippen LogP contribution in [0.15, 0.2) is 48.7 Å². The highest BCUT2D eigenvalue weighted by Crippen LogP contribution is 2.20. The second-order valence-corrected chi connectivity index (χ2v) is 8.64. The van der Waals surface area contributed by atoms with E-state index in [1.54, 1.807) is 6.07 Å². The van der Waals surface area contributed by atoms with Gasteiger partial charge in [0.1, 0.15) is 17.4 Å². The average Bonchev–Trinajstić information content (AvgIpc) is 3.26. The largest absolute Gasteiger partial charge is 0.444 e. The minimum absolute atomic E-state index is 0.111. The van der Waals surface area contributed by atoms with Crippen LogP contribution in [0, 0.1) is 0 Å². The highest BCUT2D eigenvalue weighted by atomic mass is 16.6. The lowest BCUT2D eigenvalue weighted by atomic mass is 10.2. The van der Waals surface area contributed by atoms with Crippen LogP contribution in [0.2, 0.25) is 0 Å². The van der Waals surface area contributed by atoms with Crippen LogP contribution < -0.4 is 16.4 Å². The number of carbonyl (C=O) groups is 3. The lowest BCUT2D eigenvalue weighted by molar-refractivity contribution is -0.126. The van der Waals surface area contributed by atoms with Gasteiger partial charge in [0.25, 0.3) is 11.8 Å². The van der Waals surface area contributed by atoms with E-state index in [2.05, 4.69) is 15.6 Å². The highest BCUT2D eigenvalue weighted by molar-refractivity contribution is 5.96. The number of nitrogens with one attached hydrogen (secondary N) is 2. The Labute approximate surface area is 207 Å². The molecule has 9 nitrogen and oxygen atoms in total. The number of pyridine rings is 1. The van der Waals surface area contributed by atoms with Crippen molar-refractivity contribution in [1.29, 1.82) is 0 Å². The number of nitrogens with two attached hydrogens (primary N) is 1. The molecule has 0 aliphatic carbocycles. The summed E-state index contributed by atoms with van der Waals surface area (Å²) in [5.74, 6) is -0.835. The second kappa shape index (κ2) is 14.7. The molecule has 1 saturated heterocycles. The fourth-order valence-electron chi connectivity index (χ4n) is 2.95. The molecule has 1 fully saturated rings. The maximum atomic E-state index is 11.9. The maximum Gasteiger partial charge on any atom is 0.407 e. The van der Waals surface area contributed by atoms with Gasteiger partial charge in [0.2, 0.25) is 0 Å². The first-order valence-electron chi connectivity index (χ1n) is 11.8. The molecule has 0 saturated carbocycles. The molecule has 35 heavy (non-hydrogen) atoms. The van der Waals surface area contributed by atoms with Gasteiger partial charge in [-0.25, -0.2) is 4.79 Å². The summed E-state index contributed by atoms with van der Waals surface area (Å²) in [6.45, 7) is 12.0. The van der Waals surface area contributed by atoms with Gasteiger partial charge in [-0.1, -0.05) is 44.2 Å². The Balaban J connectivity index is 0.000000332.